The third-order valence-corrected chi connectivity index (χ3v) is 14.7. The van der Waals surface area contributed by atoms with Crippen molar-refractivity contribution in [2.45, 2.75) is 141 Å². The number of fused-ring (bicyclic) bond motifs is 2. The maximum absolute atomic E-state index is 14.5. The summed E-state index contributed by atoms with van der Waals surface area (Å²) in [6.45, 7) is 10.7. The van der Waals surface area contributed by atoms with Gasteiger partial charge in [0.1, 0.15) is 5.78 Å². The van der Waals surface area contributed by atoms with Crippen LogP contribution in [0.5, 0.6) is 0 Å². The quantitative estimate of drug-likeness (QED) is 0.0992. The van der Waals surface area contributed by atoms with E-state index in [1.54, 1.807) is 19.1 Å². The molecule has 2 aromatic carbocycles. The summed E-state index contributed by atoms with van der Waals surface area (Å²) < 4.78 is 18.5. The molecule has 0 spiro atoms. The summed E-state index contributed by atoms with van der Waals surface area (Å²) >= 11 is 0. The summed E-state index contributed by atoms with van der Waals surface area (Å²) in [4.78, 5) is 63.0. The van der Waals surface area contributed by atoms with Gasteiger partial charge in [0, 0.05) is 70.0 Å². The van der Waals surface area contributed by atoms with E-state index in [2.05, 4.69) is 36.0 Å². The third-order valence-electron chi connectivity index (χ3n) is 14.7. The number of piperidine rings is 1. The van der Waals surface area contributed by atoms with E-state index in [1.807, 2.05) is 93.4 Å². The van der Waals surface area contributed by atoms with Crippen molar-refractivity contribution in [2.75, 3.05) is 34.9 Å². The van der Waals surface area contributed by atoms with Gasteiger partial charge in [-0.1, -0.05) is 89.6 Å². The molecule has 3 aliphatic rings. The maximum atomic E-state index is 14.5. The van der Waals surface area contributed by atoms with Crippen molar-refractivity contribution < 1.29 is 33.1 Å². The molecule has 0 radical (unpaired) electrons. The standard InChI is InChI=1S/C50H71N5O7/c1-10-32(4)45(54(7)50(59)39(31(2)3)29-42(57)46-36-23-24-38(27-36)53(46)6)43(60-8)30-44(58)55-25-17-22-40(55)47(61-9)33(5)41(56)28-37(26-34-18-13-11-14-19-34)49-52-51-48(62-49)35-20-15-12-16-21-35/h11-16,18-21,31-33,36-40,43,45-47H,10,17,22-30H2,1-9H3/t32-,33-,36-,37+,38+,39-,40-,43+,45-,46-,47+/m0/s1. The molecule has 3 aromatic rings. The van der Waals surface area contributed by atoms with Crippen LogP contribution in [-0.4, -0.2) is 120 Å². The van der Waals surface area contributed by atoms with Gasteiger partial charge in [-0.05, 0) is 81.0 Å². The average Bonchev–Trinajstić information content (AvgIpc) is 4.12. The van der Waals surface area contributed by atoms with Crippen LogP contribution in [0.25, 0.3) is 11.5 Å². The Hall–Kier alpha value is -4.26. The van der Waals surface area contributed by atoms with Gasteiger partial charge in [-0.2, -0.15) is 0 Å². The highest BCUT2D eigenvalue weighted by Gasteiger charge is 2.48. The van der Waals surface area contributed by atoms with Crippen molar-refractivity contribution in [3.05, 3.63) is 72.1 Å². The Bertz CT molecular complexity index is 1940. The first-order valence-corrected chi connectivity index (χ1v) is 23.1. The SMILES string of the molecule is CC[C@H](C)[C@@H]([C@@H](CC(=O)N1CCC[C@H]1[C@H](OC)[C@@H](C)C(=O)C[C@@H](Cc1ccccc1)c1nnc(-c2ccccc2)o1)OC)N(C)C(=O)[C@@H](CC(=O)[C@@H]1[C@H]2CC[C@H](C2)N1C)C(C)C. The molecule has 2 bridgehead atoms. The van der Waals surface area contributed by atoms with Gasteiger partial charge in [-0.15, -0.1) is 10.2 Å². The average molecular weight is 854 g/mol. The normalized spacial score (nSPS) is 23.5. The number of likely N-dealkylation sites (N-methyl/N-ethyl adjacent to an activating group) is 2. The fourth-order valence-electron chi connectivity index (χ4n) is 10.9. The smallest absolute Gasteiger partial charge is 0.247 e. The zero-order valence-electron chi connectivity index (χ0n) is 38.6. The number of ether oxygens (including phenoxy) is 2. The summed E-state index contributed by atoms with van der Waals surface area (Å²) in [6, 6.07) is 19.2. The van der Waals surface area contributed by atoms with Crippen LogP contribution >= 0.6 is 0 Å². The van der Waals surface area contributed by atoms with E-state index in [0.29, 0.717) is 43.1 Å². The molecule has 338 valence electrons. The molecule has 3 fully saturated rings. The molecular weight excluding hydrogens is 783 g/mol. The van der Waals surface area contributed by atoms with E-state index in [9.17, 15) is 19.2 Å². The molecule has 3 heterocycles. The molecule has 6 rings (SSSR count). The van der Waals surface area contributed by atoms with Crippen LogP contribution in [0, 0.1) is 29.6 Å². The van der Waals surface area contributed by atoms with Crippen LogP contribution in [0.2, 0.25) is 0 Å². The molecule has 62 heavy (non-hydrogen) atoms. The predicted molar refractivity (Wildman–Crippen MR) is 239 cm³/mol. The van der Waals surface area contributed by atoms with Gasteiger partial charge >= 0.3 is 0 Å². The Morgan fingerprint density at radius 2 is 1.58 bits per heavy atom. The van der Waals surface area contributed by atoms with Gasteiger partial charge in [0.25, 0.3) is 0 Å². The summed E-state index contributed by atoms with van der Waals surface area (Å²) in [5, 5.41) is 8.75. The van der Waals surface area contributed by atoms with E-state index in [1.165, 1.54) is 0 Å². The van der Waals surface area contributed by atoms with Crippen molar-refractivity contribution in [3.63, 3.8) is 0 Å². The first kappa shape index (κ1) is 47.2. The first-order valence-electron chi connectivity index (χ1n) is 23.1. The summed E-state index contributed by atoms with van der Waals surface area (Å²) in [5.41, 5.74) is 1.87. The zero-order valence-corrected chi connectivity index (χ0v) is 38.6. The molecule has 0 N–H and O–H groups in total. The summed E-state index contributed by atoms with van der Waals surface area (Å²) in [5.74, 6) is -0.190. The summed E-state index contributed by atoms with van der Waals surface area (Å²) in [7, 11) is 7.10. The second-order valence-electron chi connectivity index (χ2n) is 18.8. The topological polar surface area (TPSA) is 135 Å². The number of carbonyl (C=O) groups is 4. The monoisotopic (exact) mass is 854 g/mol. The van der Waals surface area contributed by atoms with E-state index >= 15 is 0 Å². The minimum absolute atomic E-state index is 0.00597. The molecule has 11 atom stereocenters. The minimum Gasteiger partial charge on any atom is -0.420 e. The Morgan fingerprint density at radius 1 is 0.887 bits per heavy atom. The number of benzene rings is 2. The number of rotatable bonds is 22. The van der Waals surface area contributed by atoms with Crippen molar-refractivity contribution in [1.82, 2.24) is 24.9 Å². The molecule has 12 heteroatoms. The number of ketones is 2. The second-order valence-corrected chi connectivity index (χ2v) is 18.8. The molecule has 2 aliphatic heterocycles. The molecule has 1 saturated carbocycles. The van der Waals surface area contributed by atoms with Gasteiger partial charge in [0.2, 0.25) is 23.6 Å². The van der Waals surface area contributed by atoms with Crippen molar-refractivity contribution in [2.24, 2.45) is 29.6 Å². The van der Waals surface area contributed by atoms with E-state index < -0.39 is 30.1 Å². The van der Waals surface area contributed by atoms with Gasteiger partial charge in [0.15, 0.2) is 5.78 Å². The van der Waals surface area contributed by atoms with Crippen LogP contribution in [0.3, 0.4) is 0 Å². The van der Waals surface area contributed by atoms with Crippen molar-refractivity contribution in [3.8, 4) is 11.5 Å². The lowest BCUT2D eigenvalue weighted by Gasteiger charge is -2.41. The third kappa shape index (κ3) is 10.6. The lowest BCUT2D eigenvalue weighted by Crippen LogP contribution is -2.54. The van der Waals surface area contributed by atoms with Gasteiger partial charge in [-0.25, -0.2) is 0 Å². The van der Waals surface area contributed by atoms with Crippen molar-refractivity contribution >= 4 is 23.4 Å². The van der Waals surface area contributed by atoms with E-state index in [4.69, 9.17) is 13.9 Å². The Kier molecular flexibility index (Phi) is 16.3. The second kappa shape index (κ2) is 21.4. The molecule has 12 nitrogen and oxygen atoms in total. The largest absolute Gasteiger partial charge is 0.420 e. The van der Waals surface area contributed by atoms with Crippen LogP contribution in [0.15, 0.2) is 65.1 Å². The molecule has 1 aliphatic carbocycles. The number of hydrogen-bond acceptors (Lipinski definition) is 10. The van der Waals surface area contributed by atoms with Crippen LogP contribution in [-0.2, 0) is 35.1 Å². The van der Waals surface area contributed by atoms with Gasteiger partial charge in [0.05, 0.1) is 36.8 Å². The Labute approximate surface area is 369 Å². The van der Waals surface area contributed by atoms with E-state index in [0.717, 1.165) is 43.2 Å². The maximum Gasteiger partial charge on any atom is 0.247 e. The number of amides is 2. The van der Waals surface area contributed by atoms with Crippen molar-refractivity contribution in [1.29, 1.82) is 0 Å². The fourth-order valence-corrected chi connectivity index (χ4v) is 10.9. The number of nitrogens with zero attached hydrogens (tertiary/aromatic N) is 5. The Balaban J connectivity index is 1.14. The first-order chi connectivity index (χ1) is 29.8. The van der Waals surface area contributed by atoms with Crippen LogP contribution in [0.1, 0.15) is 110 Å². The number of hydrogen-bond donors (Lipinski definition) is 0. The number of carbonyl (C=O) groups excluding carboxylic acids is 4. The predicted octanol–water partition coefficient (Wildman–Crippen LogP) is 7.66. The number of methoxy groups -OCH3 is 2. The number of aromatic nitrogens is 2. The summed E-state index contributed by atoms with van der Waals surface area (Å²) in [6.07, 6.45) is 5.42. The molecular formula is C50H71N5O7. The van der Waals surface area contributed by atoms with Crippen LogP contribution < -0.4 is 0 Å². The lowest BCUT2D eigenvalue weighted by molar-refractivity contribution is -0.149. The lowest BCUT2D eigenvalue weighted by atomic mass is 9.83. The van der Waals surface area contributed by atoms with Gasteiger partial charge in [-0.3, -0.25) is 24.1 Å². The highest BCUT2D eigenvalue weighted by molar-refractivity contribution is 5.90. The minimum atomic E-state index is -0.582. The number of likely N-dealkylation sites (tertiary alicyclic amines) is 2. The molecule has 0 unspecified atom stereocenters. The Morgan fingerprint density at radius 3 is 2.19 bits per heavy atom. The highest BCUT2D eigenvalue weighted by Crippen LogP contribution is 2.43. The molecule has 2 saturated heterocycles. The molecule has 1 aromatic heterocycles. The fraction of sp³-hybridized carbons (Fsp3) is 0.640. The molecule has 2 amide bonds. The zero-order chi connectivity index (χ0) is 44.7. The van der Waals surface area contributed by atoms with Crippen LogP contribution in [0.4, 0.5) is 0 Å². The highest BCUT2D eigenvalue weighted by atomic mass is 16.5. The number of Topliss-reactive ketones (excluding diaryl/α,β-unsaturated/α-hetero) is 2. The van der Waals surface area contributed by atoms with Gasteiger partial charge < -0.3 is 23.7 Å². The van der Waals surface area contributed by atoms with E-state index in [-0.39, 0.29) is 72.5 Å².